The molecule has 0 radical (unpaired) electrons. The fourth-order valence-electron chi connectivity index (χ4n) is 2.89. The van der Waals surface area contributed by atoms with Crippen molar-refractivity contribution in [2.24, 2.45) is 0 Å². The predicted octanol–water partition coefficient (Wildman–Crippen LogP) is 6.45. The molecule has 28 heavy (non-hydrogen) atoms. The van der Waals surface area contributed by atoms with Gasteiger partial charge in [0.05, 0.1) is 6.61 Å². The Hall–Kier alpha value is -2.94. The largest absolute Gasteiger partial charge is 0.494 e. The van der Waals surface area contributed by atoms with Gasteiger partial charge in [0.2, 0.25) is 0 Å². The molecule has 0 saturated carbocycles. The molecule has 3 nitrogen and oxygen atoms in total. The lowest BCUT2D eigenvalue weighted by atomic mass is 10.2. The molecule has 0 aromatic heterocycles. The van der Waals surface area contributed by atoms with Gasteiger partial charge in [-0.15, -0.1) is 0 Å². The number of nitrogens with one attached hydrogen (secondary N) is 1. The molecule has 0 bridgehead atoms. The molecule has 146 valence electrons. The maximum absolute atomic E-state index is 5.90. The van der Waals surface area contributed by atoms with Crippen molar-refractivity contribution in [1.82, 2.24) is 0 Å². The molecular formula is C25H29NO2. The van der Waals surface area contributed by atoms with Crippen molar-refractivity contribution < 1.29 is 9.47 Å². The maximum atomic E-state index is 5.90. The van der Waals surface area contributed by atoms with Crippen molar-refractivity contribution in [2.75, 3.05) is 11.9 Å². The van der Waals surface area contributed by atoms with E-state index in [2.05, 4.69) is 42.6 Å². The lowest BCUT2D eigenvalue weighted by molar-refractivity contribution is 0.306. The first-order valence-electron chi connectivity index (χ1n) is 10.1. The first-order chi connectivity index (χ1) is 13.8. The SMILES string of the molecule is CCCCCOc1ccc(CNc2cccc(OCc3ccccc3)c2)cc1. The molecule has 0 saturated heterocycles. The van der Waals surface area contributed by atoms with E-state index in [0.29, 0.717) is 6.61 Å². The van der Waals surface area contributed by atoms with Crippen molar-refractivity contribution in [3.05, 3.63) is 90.0 Å². The Morgan fingerprint density at radius 2 is 1.54 bits per heavy atom. The van der Waals surface area contributed by atoms with Crippen molar-refractivity contribution >= 4 is 5.69 Å². The minimum absolute atomic E-state index is 0.573. The van der Waals surface area contributed by atoms with Crippen LogP contribution in [0.15, 0.2) is 78.9 Å². The lowest BCUT2D eigenvalue weighted by Gasteiger charge is -2.11. The second kappa shape index (κ2) is 11.0. The zero-order chi connectivity index (χ0) is 19.4. The quantitative estimate of drug-likeness (QED) is 0.391. The molecule has 0 spiro atoms. The second-order valence-corrected chi connectivity index (χ2v) is 6.86. The predicted molar refractivity (Wildman–Crippen MR) is 116 cm³/mol. The van der Waals surface area contributed by atoms with Crippen LogP contribution in [-0.4, -0.2) is 6.61 Å². The summed E-state index contributed by atoms with van der Waals surface area (Å²) >= 11 is 0. The molecule has 0 fully saturated rings. The van der Waals surface area contributed by atoms with Gasteiger partial charge in [-0.3, -0.25) is 0 Å². The first-order valence-corrected chi connectivity index (χ1v) is 10.1. The Morgan fingerprint density at radius 1 is 0.714 bits per heavy atom. The normalized spacial score (nSPS) is 10.5. The number of ether oxygens (including phenoxy) is 2. The highest BCUT2D eigenvalue weighted by Gasteiger charge is 2.00. The van der Waals surface area contributed by atoms with Crippen LogP contribution in [0, 0.1) is 0 Å². The molecule has 0 aliphatic rings. The molecule has 3 heteroatoms. The van der Waals surface area contributed by atoms with Crippen molar-refractivity contribution in [1.29, 1.82) is 0 Å². The average molecular weight is 376 g/mol. The molecule has 1 N–H and O–H groups in total. The van der Waals surface area contributed by atoms with Gasteiger partial charge in [0.1, 0.15) is 18.1 Å². The molecule has 3 rings (SSSR count). The number of rotatable bonds is 11. The van der Waals surface area contributed by atoms with Crippen LogP contribution in [0.5, 0.6) is 11.5 Å². The van der Waals surface area contributed by atoms with E-state index >= 15 is 0 Å². The van der Waals surface area contributed by atoms with Crippen molar-refractivity contribution in [3.63, 3.8) is 0 Å². The van der Waals surface area contributed by atoms with Gasteiger partial charge in [0, 0.05) is 18.3 Å². The molecule has 0 aliphatic heterocycles. The number of benzene rings is 3. The molecule has 0 amide bonds. The highest BCUT2D eigenvalue weighted by molar-refractivity contribution is 5.48. The van der Waals surface area contributed by atoms with Crippen LogP contribution >= 0.6 is 0 Å². The standard InChI is InChI=1S/C25H29NO2/c1-2-3-7-17-27-24-15-13-21(14-16-24)19-26-23-11-8-12-25(18-23)28-20-22-9-5-4-6-10-22/h4-6,8-16,18,26H,2-3,7,17,19-20H2,1H3. The summed E-state index contributed by atoms with van der Waals surface area (Å²) in [6.45, 7) is 4.33. The Kier molecular flexibility index (Phi) is 7.80. The third kappa shape index (κ3) is 6.66. The van der Waals surface area contributed by atoms with E-state index in [-0.39, 0.29) is 0 Å². The van der Waals surface area contributed by atoms with Gasteiger partial charge in [-0.1, -0.05) is 68.3 Å². The Bertz CT molecular complexity index is 815. The summed E-state index contributed by atoms with van der Waals surface area (Å²) in [6.07, 6.45) is 3.55. The lowest BCUT2D eigenvalue weighted by Crippen LogP contribution is -2.01. The van der Waals surface area contributed by atoms with Crippen LogP contribution in [0.25, 0.3) is 0 Å². The summed E-state index contributed by atoms with van der Waals surface area (Å²) < 4.78 is 11.7. The van der Waals surface area contributed by atoms with Gasteiger partial charge in [-0.05, 0) is 41.8 Å². The monoisotopic (exact) mass is 375 g/mol. The summed E-state index contributed by atoms with van der Waals surface area (Å²) in [5.41, 5.74) is 3.43. The fourth-order valence-corrected chi connectivity index (χ4v) is 2.89. The third-order valence-corrected chi connectivity index (χ3v) is 4.52. The summed E-state index contributed by atoms with van der Waals surface area (Å²) in [5.74, 6) is 1.81. The zero-order valence-electron chi connectivity index (χ0n) is 16.6. The molecular weight excluding hydrogens is 346 g/mol. The van der Waals surface area contributed by atoms with Gasteiger partial charge in [0.15, 0.2) is 0 Å². The van der Waals surface area contributed by atoms with Crippen molar-refractivity contribution in [2.45, 2.75) is 39.3 Å². The van der Waals surface area contributed by atoms with Crippen molar-refractivity contribution in [3.8, 4) is 11.5 Å². The minimum atomic E-state index is 0.573. The van der Waals surface area contributed by atoms with E-state index in [1.54, 1.807) is 0 Å². The molecule has 0 unspecified atom stereocenters. The molecule has 0 aliphatic carbocycles. The van der Waals surface area contributed by atoms with E-state index in [0.717, 1.165) is 42.3 Å². The van der Waals surface area contributed by atoms with Gasteiger partial charge in [-0.2, -0.15) is 0 Å². The highest BCUT2D eigenvalue weighted by atomic mass is 16.5. The first kappa shape index (κ1) is 19.8. The summed E-state index contributed by atoms with van der Waals surface area (Å²) in [5, 5.41) is 3.46. The molecule has 3 aromatic rings. The highest BCUT2D eigenvalue weighted by Crippen LogP contribution is 2.20. The maximum Gasteiger partial charge on any atom is 0.121 e. The zero-order valence-corrected chi connectivity index (χ0v) is 16.6. The van der Waals surface area contributed by atoms with E-state index in [4.69, 9.17) is 9.47 Å². The van der Waals surface area contributed by atoms with E-state index in [1.165, 1.54) is 18.4 Å². The Morgan fingerprint density at radius 3 is 2.32 bits per heavy atom. The number of anilines is 1. The smallest absolute Gasteiger partial charge is 0.121 e. The summed E-state index contributed by atoms with van der Waals surface area (Å²) in [7, 11) is 0. The van der Waals surface area contributed by atoms with E-state index < -0.39 is 0 Å². The number of hydrogen-bond donors (Lipinski definition) is 1. The summed E-state index contributed by atoms with van der Waals surface area (Å²) in [6, 6.07) is 26.6. The van der Waals surface area contributed by atoms with E-state index in [9.17, 15) is 0 Å². The topological polar surface area (TPSA) is 30.5 Å². The van der Waals surface area contributed by atoms with Gasteiger partial charge < -0.3 is 14.8 Å². The number of unbranched alkanes of at least 4 members (excludes halogenated alkanes) is 2. The molecule has 0 heterocycles. The van der Waals surface area contributed by atoms with Crippen LogP contribution in [0.1, 0.15) is 37.3 Å². The van der Waals surface area contributed by atoms with Gasteiger partial charge >= 0.3 is 0 Å². The van der Waals surface area contributed by atoms with Crippen LogP contribution in [-0.2, 0) is 13.2 Å². The Labute approximate surface area is 168 Å². The van der Waals surface area contributed by atoms with E-state index in [1.807, 2.05) is 48.5 Å². The minimum Gasteiger partial charge on any atom is -0.494 e. The third-order valence-electron chi connectivity index (χ3n) is 4.52. The van der Waals surface area contributed by atoms with Crippen LogP contribution < -0.4 is 14.8 Å². The summed E-state index contributed by atoms with van der Waals surface area (Å²) in [4.78, 5) is 0. The Balaban J connectivity index is 1.46. The van der Waals surface area contributed by atoms with Gasteiger partial charge in [0.25, 0.3) is 0 Å². The second-order valence-electron chi connectivity index (χ2n) is 6.86. The average Bonchev–Trinajstić information content (AvgIpc) is 2.76. The van der Waals surface area contributed by atoms with Crippen LogP contribution in [0.2, 0.25) is 0 Å². The fraction of sp³-hybridized carbons (Fsp3) is 0.280. The van der Waals surface area contributed by atoms with Crippen LogP contribution in [0.4, 0.5) is 5.69 Å². The molecule has 3 aromatic carbocycles. The number of hydrogen-bond acceptors (Lipinski definition) is 3. The molecule has 0 atom stereocenters. The van der Waals surface area contributed by atoms with Gasteiger partial charge in [-0.25, -0.2) is 0 Å². The van der Waals surface area contributed by atoms with Crippen LogP contribution in [0.3, 0.4) is 0 Å².